The predicted octanol–water partition coefficient (Wildman–Crippen LogP) is 1.32. The fourth-order valence-electron chi connectivity index (χ4n) is 1.51. The number of nitrogens with two attached hydrogens (primary N) is 1. The van der Waals surface area contributed by atoms with Crippen molar-refractivity contribution in [1.29, 1.82) is 0 Å². The van der Waals surface area contributed by atoms with E-state index in [1.54, 1.807) is 0 Å². The summed E-state index contributed by atoms with van der Waals surface area (Å²) in [6, 6.07) is 8.07. The lowest BCUT2D eigenvalue weighted by Gasteiger charge is -2.02. The third-order valence-corrected chi connectivity index (χ3v) is 2.19. The van der Waals surface area contributed by atoms with Crippen LogP contribution in [0.1, 0.15) is 6.42 Å². The molecular formula is C10H13N3O. The Labute approximate surface area is 82.3 Å². The first-order valence-corrected chi connectivity index (χ1v) is 4.63. The molecule has 74 valence electrons. The van der Waals surface area contributed by atoms with Crippen molar-refractivity contribution in [2.24, 2.45) is 5.90 Å². The number of aryl methyl sites for hydroxylation is 1. The van der Waals surface area contributed by atoms with Crippen molar-refractivity contribution < 1.29 is 4.84 Å². The maximum Gasteiger partial charge on any atom is 0.0958 e. The monoisotopic (exact) mass is 191 g/mol. The number of benzene rings is 1. The van der Waals surface area contributed by atoms with Crippen LogP contribution in [0.3, 0.4) is 0 Å². The number of fused-ring (bicyclic) bond motifs is 1. The van der Waals surface area contributed by atoms with Crippen LogP contribution in [0, 0.1) is 0 Å². The van der Waals surface area contributed by atoms with Crippen LogP contribution in [0.2, 0.25) is 0 Å². The number of hydrogen-bond donors (Lipinski definition) is 1. The Morgan fingerprint density at radius 1 is 1.36 bits per heavy atom. The fourth-order valence-corrected chi connectivity index (χ4v) is 1.51. The van der Waals surface area contributed by atoms with Crippen LogP contribution in [-0.2, 0) is 11.4 Å². The van der Waals surface area contributed by atoms with E-state index in [1.807, 2.05) is 24.5 Å². The van der Waals surface area contributed by atoms with Crippen LogP contribution in [0.4, 0.5) is 0 Å². The summed E-state index contributed by atoms with van der Waals surface area (Å²) < 4.78 is 2.11. The van der Waals surface area contributed by atoms with Gasteiger partial charge in [-0.15, -0.1) is 0 Å². The normalized spacial score (nSPS) is 10.9. The number of imidazole rings is 1. The minimum absolute atomic E-state index is 0.576. The first-order valence-electron chi connectivity index (χ1n) is 4.63. The number of aromatic nitrogens is 2. The van der Waals surface area contributed by atoms with Crippen LogP contribution >= 0.6 is 0 Å². The van der Waals surface area contributed by atoms with E-state index in [9.17, 15) is 0 Å². The molecular weight excluding hydrogens is 178 g/mol. The quantitative estimate of drug-likeness (QED) is 0.585. The Morgan fingerprint density at radius 2 is 2.21 bits per heavy atom. The van der Waals surface area contributed by atoms with E-state index in [-0.39, 0.29) is 0 Å². The highest BCUT2D eigenvalue weighted by Crippen LogP contribution is 2.11. The van der Waals surface area contributed by atoms with E-state index in [4.69, 9.17) is 5.90 Å². The minimum Gasteiger partial charge on any atom is -0.331 e. The van der Waals surface area contributed by atoms with Crippen LogP contribution < -0.4 is 5.90 Å². The molecule has 0 spiro atoms. The Hall–Kier alpha value is -1.39. The molecule has 2 rings (SSSR count). The number of rotatable bonds is 4. The number of para-hydroxylation sites is 2. The van der Waals surface area contributed by atoms with E-state index in [1.165, 1.54) is 0 Å². The summed E-state index contributed by atoms with van der Waals surface area (Å²) >= 11 is 0. The summed E-state index contributed by atoms with van der Waals surface area (Å²) in [7, 11) is 0. The lowest BCUT2D eigenvalue weighted by Crippen LogP contribution is -2.05. The standard InChI is InChI=1S/C10H13N3O/c11-14-7-3-6-13-8-12-9-4-1-2-5-10(9)13/h1-2,4-5,8H,3,6-7,11H2. The third kappa shape index (κ3) is 1.76. The van der Waals surface area contributed by atoms with Gasteiger partial charge in [-0.2, -0.15) is 0 Å². The van der Waals surface area contributed by atoms with Crippen LogP contribution in [0.15, 0.2) is 30.6 Å². The second kappa shape index (κ2) is 4.21. The predicted molar refractivity (Wildman–Crippen MR) is 54.5 cm³/mol. The number of nitrogens with zero attached hydrogens (tertiary/aromatic N) is 2. The van der Waals surface area contributed by atoms with Gasteiger partial charge in [0.2, 0.25) is 0 Å². The van der Waals surface area contributed by atoms with Gasteiger partial charge in [0.25, 0.3) is 0 Å². The van der Waals surface area contributed by atoms with Gasteiger partial charge in [0.1, 0.15) is 0 Å². The lowest BCUT2D eigenvalue weighted by atomic mass is 10.3. The molecule has 0 aliphatic heterocycles. The largest absolute Gasteiger partial charge is 0.331 e. The lowest BCUT2D eigenvalue weighted by molar-refractivity contribution is 0.132. The van der Waals surface area contributed by atoms with Crippen molar-refractivity contribution in [2.45, 2.75) is 13.0 Å². The van der Waals surface area contributed by atoms with Gasteiger partial charge in [-0.1, -0.05) is 12.1 Å². The molecule has 0 radical (unpaired) electrons. The molecule has 0 unspecified atom stereocenters. The van der Waals surface area contributed by atoms with Crippen LogP contribution in [0.5, 0.6) is 0 Å². The second-order valence-electron chi connectivity index (χ2n) is 3.15. The molecule has 1 aromatic heterocycles. The zero-order valence-corrected chi connectivity index (χ0v) is 7.89. The Balaban J connectivity index is 2.17. The van der Waals surface area contributed by atoms with Gasteiger partial charge in [0.05, 0.1) is 24.0 Å². The Bertz CT molecular complexity index is 410. The first kappa shape index (κ1) is 9.18. The van der Waals surface area contributed by atoms with E-state index in [0.29, 0.717) is 6.61 Å². The molecule has 0 amide bonds. The number of hydrogen-bond acceptors (Lipinski definition) is 3. The average Bonchev–Trinajstić information content (AvgIpc) is 2.63. The molecule has 0 aliphatic carbocycles. The second-order valence-corrected chi connectivity index (χ2v) is 3.15. The Morgan fingerprint density at radius 3 is 3.07 bits per heavy atom. The van der Waals surface area contributed by atoms with Crippen molar-refractivity contribution in [1.82, 2.24) is 9.55 Å². The van der Waals surface area contributed by atoms with Gasteiger partial charge in [-0.3, -0.25) is 0 Å². The first-order chi connectivity index (χ1) is 6.92. The van der Waals surface area contributed by atoms with Crippen LogP contribution in [-0.4, -0.2) is 16.2 Å². The Kier molecular flexibility index (Phi) is 2.76. The van der Waals surface area contributed by atoms with E-state index in [2.05, 4.69) is 20.5 Å². The summed E-state index contributed by atoms with van der Waals surface area (Å²) in [5.74, 6) is 4.96. The summed E-state index contributed by atoms with van der Waals surface area (Å²) in [6.45, 7) is 1.46. The fraction of sp³-hybridized carbons (Fsp3) is 0.300. The summed E-state index contributed by atoms with van der Waals surface area (Å²) in [5, 5.41) is 0. The maximum absolute atomic E-state index is 4.96. The molecule has 0 saturated heterocycles. The summed E-state index contributed by atoms with van der Waals surface area (Å²) in [6.07, 6.45) is 2.75. The zero-order valence-electron chi connectivity index (χ0n) is 7.89. The highest BCUT2D eigenvalue weighted by atomic mass is 16.6. The van der Waals surface area contributed by atoms with Crippen molar-refractivity contribution in [2.75, 3.05) is 6.61 Å². The molecule has 2 N–H and O–H groups in total. The van der Waals surface area contributed by atoms with Crippen molar-refractivity contribution in [3.05, 3.63) is 30.6 Å². The maximum atomic E-state index is 4.96. The summed E-state index contributed by atoms with van der Waals surface area (Å²) in [4.78, 5) is 8.81. The zero-order chi connectivity index (χ0) is 9.80. The minimum atomic E-state index is 0.576. The van der Waals surface area contributed by atoms with Gasteiger partial charge in [-0.25, -0.2) is 10.9 Å². The molecule has 4 heteroatoms. The molecule has 0 fully saturated rings. The van der Waals surface area contributed by atoms with E-state index in [0.717, 1.165) is 24.0 Å². The average molecular weight is 191 g/mol. The third-order valence-electron chi connectivity index (χ3n) is 2.19. The van der Waals surface area contributed by atoms with Crippen molar-refractivity contribution in [3.63, 3.8) is 0 Å². The molecule has 1 aromatic carbocycles. The van der Waals surface area contributed by atoms with Gasteiger partial charge in [0, 0.05) is 6.54 Å². The molecule has 4 nitrogen and oxygen atoms in total. The summed E-state index contributed by atoms with van der Waals surface area (Å²) in [5.41, 5.74) is 2.19. The highest BCUT2D eigenvalue weighted by Gasteiger charge is 1.99. The highest BCUT2D eigenvalue weighted by molar-refractivity contribution is 5.74. The van der Waals surface area contributed by atoms with Crippen molar-refractivity contribution >= 4 is 11.0 Å². The molecule has 0 bridgehead atoms. The molecule has 0 atom stereocenters. The van der Waals surface area contributed by atoms with Gasteiger partial charge in [0.15, 0.2) is 0 Å². The molecule has 0 aliphatic rings. The topological polar surface area (TPSA) is 53.1 Å². The molecule has 2 aromatic rings. The van der Waals surface area contributed by atoms with Crippen molar-refractivity contribution in [3.8, 4) is 0 Å². The van der Waals surface area contributed by atoms with Gasteiger partial charge in [-0.05, 0) is 18.6 Å². The van der Waals surface area contributed by atoms with Crippen LogP contribution in [0.25, 0.3) is 11.0 Å². The molecule has 0 saturated carbocycles. The smallest absolute Gasteiger partial charge is 0.0958 e. The van der Waals surface area contributed by atoms with Gasteiger partial charge >= 0.3 is 0 Å². The molecule has 1 heterocycles. The van der Waals surface area contributed by atoms with E-state index >= 15 is 0 Å². The van der Waals surface area contributed by atoms with E-state index < -0.39 is 0 Å². The van der Waals surface area contributed by atoms with Gasteiger partial charge < -0.3 is 9.40 Å². The molecule has 14 heavy (non-hydrogen) atoms. The SMILES string of the molecule is NOCCCn1cnc2ccccc21.